The maximum absolute atomic E-state index is 9.90. The minimum absolute atomic E-state index is 0. The number of aromatic hydroxyl groups is 1. The summed E-state index contributed by atoms with van der Waals surface area (Å²) in [6.45, 7) is 0.958. The van der Waals surface area contributed by atoms with E-state index in [1.54, 1.807) is 6.07 Å². The van der Waals surface area contributed by atoms with Crippen LogP contribution in [0, 0.1) is 0 Å². The van der Waals surface area contributed by atoms with Crippen molar-refractivity contribution in [2.24, 2.45) is 0 Å². The Balaban J connectivity index is 0.00000192. The van der Waals surface area contributed by atoms with Crippen molar-refractivity contribution in [3.05, 3.63) is 70.8 Å². The molecule has 2 nitrogen and oxygen atoms in total. The molecule has 1 aliphatic rings. The summed E-state index contributed by atoms with van der Waals surface area (Å²) in [5.41, 5.74) is 6.61. The Morgan fingerprint density at radius 3 is 2.52 bits per heavy atom. The van der Waals surface area contributed by atoms with Gasteiger partial charge in [-0.25, -0.2) is 0 Å². The molecule has 0 saturated heterocycles. The summed E-state index contributed by atoms with van der Waals surface area (Å²) >= 11 is 0. The average molecular weight is 330 g/mol. The van der Waals surface area contributed by atoms with E-state index in [0.717, 1.165) is 24.9 Å². The second-order valence-corrected chi connectivity index (χ2v) is 6.28. The Kier molecular flexibility index (Phi) is 5.86. The van der Waals surface area contributed by atoms with Crippen LogP contribution in [0.25, 0.3) is 5.57 Å². The van der Waals surface area contributed by atoms with Crippen LogP contribution >= 0.6 is 12.4 Å². The predicted molar refractivity (Wildman–Crippen MR) is 99.3 cm³/mol. The van der Waals surface area contributed by atoms with Crippen LogP contribution in [-0.2, 0) is 6.42 Å². The Morgan fingerprint density at radius 1 is 1.00 bits per heavy atom. The molecule has 0 atom stereocenters. The van der Waals surface area contributed by atoms with Gasteiger partial charge in [0.25, 0.3) is 0 Å². The van der Waals surface area contributed by atoms with E-state index < -0.39 is 0 Å². The van der Waals surface area contributed by atoms with Crippen molar-refractivity contribution in [2.45, 2.75) is 19.3 Å². The zero-order chi connectivity index (χ0) is 15.5. The van der Waals surface area contributed by atoms with Gasteiger partial charge in [0.2, 0.25) is 0 Å². The molecule has 23 heavy (non-hydrogen) atoms. The van der Waals surface area contributed by atoms with Gasteiger partial charge in [-0.3, -0.25) is 0 Å². The third-order valence-corrected chi connectivity index (χ3v) is 4.21. The summed E-state index contributed by atoms with van der Waals surface area (Å²) in [6.07, 6.45) is 3.41. The maximum Gasteiger partial charge on any atom is 0.116 e. The number of hydrogen-bond donors (Lipinski definition) is 1. The van der Waals surface area contributed by atoms with Gasteiger partial charge in [-0.2, -0.15) is 0 Å². The molecule has 0 heterocycles. The number of likely N-dealkylation sites (N-methyl/N-ethyl adjacent to an activating group) is 1. The molecule has 0 unspecified atom stereocenters. The third-order valence-electron chi connectivity index (χ3n) is 4.21. The first-order valence-corrected chi connectivity index (χ1v) is 7.89. The number of fused-ring (bicyclic) bond motifs is 1. The van der Waals surface area contributed by atoms with E-state index in [0.29, 0.717) is 5.75 Å². The number of benzene rings is 2. The Bertz CT molecular complexity index is 706. The lowest BCUT2D eigenvalue weighted by Gasteiger charge is -2.19. The fourth-order valence-corrected chi connectivity index (χ4v) is 3.35. The second kappa shape index (κ2) is 7.67. The highest BCUT2D eigenvalue weighted by atomic mass is 35.5. The number of halogens is 1. The van der Waals surface area contributed by atoms with Crippen LogP contribution in [0.3, 0.4) is 0 Å². The summed E-state index contributed by atoms with van der Waals surface area (Å²) in [7, 11) is 4.23. The minimum Gasteiger partial charge on any atom is -0.508 e. The lowest BCUT2D eigenvalue weighted by Crippen LogP contribution is -2.16. The molecular formula is C20H24ClNO. The molecule has 0 spiro atoms. The number of nitrogens with zero attached hydrogens (tertiary/aromatic N) is 1. The van der Waals surface area contributed by atoms with Crippen molar-refractivity contribution in [3.63, 3.8) is 0 Å². The molecule has 1 N–H and O–H groups in total. The molecule has 0 amide bonds. The van der Waals surface area contributed by atoms with Crippen molar-refractivity contribution in [1.82, 2.24) is 4.90 Å². The highest BCUT2D eigenvalue weighted by molar-refractivity contribution is 5.85. The zero-order valence-electron chi connectivity index (χ0n) is 13.7. The normalized spacial score (nSPS) is 14.2. The summed E-state index contributed by atoms with van der Waals surface area (Å²) in [4.78, 5) is 2.23. The molecule has 3 heteroatoms. The van der Waals surface area contributed by atoms with E-state index in [2.05, 4.69) is 49.3 Å². The van der Waals surface area contributed by atoms with Crippen molar-refractivity contribution < 1.29 is 5.11 Å². The second-order valence-electron chi connectivity index (χ2n) is 6.28. The summed E-state index contributed by atoms with van der Waals surface area (Å²) < 4.78 is 0. The number of hydrogen-bond acceptors (Lipinski definition) is 2. The fourth-order valence-electron chi connectivity index (χ4n) is 3.35. The maximum atomic E-state index is 9.90. The first-order valence-electron chi connectivity index (χ1n) is 7.89. The Hall–Kier alpha value is -1.77. The molecule has 1 aliphatic carbocycles. The van der Waals surface area contributed by atoms with Crippen molar-refractivity contribution >= 4 is 18.0 Å². The lowest BCUT2D eigenvalue weighted by molar-refractivity contribution is 0.439. The van der Waals surface area contributed by atoms with Crippen LogP contribution in [0.15, 0.2) is 54.1 Å². The van der Waals surface area contributed by atoms with E-state index in [-0.39, 0.29) is 12.4 Å². The van der Waals surface area contributed by atoms with Crippen LogP contribution in [0.1, 0.15) is 29.5 Å². The number of rotatable bonds is 3. The van der Waals surface area contributed by atoms with Crippen LogP contribution in [0.4, 0.5) is 0 Å². The molecule has 0 aromatic heterocycles. The van der Waals surface area contributed by atoms with Crippen molar-refractivity contribution in [1.29, 1.82) is 0 Å². The van der Waals surface area contributed by atoms with Gasteiger partial charge in [-0.05, 0) is 73.3 Å². The van der Waals surface area contributed by atoms with Crippen molar-refractivity contribution in [2.75, 3.05) is 20.6 Å². The van der Waals surface area contributed by atoms with Gasteiger partial charge in [0.15, 0.2) is 0 Å². The quantitative estimate of drug-likeness (QED) is 0.895. The molecule has 0 bridgehead atoms. The number of phenolic OH excluding ortho intramolecular Hbond substituents is 1. The molecule has 0 radical (unpaired) electrons. The smallest absolute Gasteiger partial charge is 0.116 e. The molecule has 122 valence electrons. The van der Waals surface area contributed by atoms with Crippen LogP contribution in [0.2, 0.25) is 0 Å². The van der Waals surface area contributed by atoms with Crippen molar-refractivity contribution in [3.8, 4) is 5.75 Å². The van der Waals surface area contributed by atoms with Gasteiger partial charge in [0, 0.05) is 6.54 Å². The average Bonchev–Trinajstić information content (AvgIpc) is 2.65. The Morgan fingerprint density at radius 2 is 1.78 bits per heavy atom. The topological polar surface area (TPSA) is 23.5 Å². The fraction of sp³-hybridized carbons (Fsp3) is 0.300. The standard InChI is InChI=1S/C20H23NO.ClH/c1-21(2)14-17-10-5-8-15-7-3-4-12-19(15)20(17)16-9-6-11-18(22)13-16;/h3-4,6-7,9,11-13,22H,5,8,10,14H2,1-2H3;1H. The molecule has 2 aromatic carbocycles. The van der Waals surface area contributed by atoms with E-state index in [9.17, 15) is 5.11 Å². The summed E-state index contributed by atoms with van der Waals surface area (Å²) in [5.74, 6) is 0.330. The Labute approximate surface area is 144 Å². The first kappa shape index (κ1) is 17.6. The summed E-state index contributed by atoms with van der Waals surface area (Å²) in [6, 6.07) is 16.3. The highest BCUT2D eigenvalue weighted by Gasteiger charge is 2.19. The van der Waals surface area contributed by atoms with Gasteiger partial charge >= 0.3 is 0 Å². The van der Waals surface area contributed by atoms with Gasteiger partial charge in [0.05, 0.1) is 0 Å². The lowest BCUT2D eigenvalue weighted by atomic mass is 9.90. The van der Waals surface area contributed by atoms with Crippen LogP contribution in [-0.4, -0.2) is 30.6 Å². The van der Waals surface area contributed by atoms with E-state index in [4.69, 9.17) is 0 Å². The highest BCUT2D eigenvalue weighted by Crippen LogP contribution is 2.36. The molecule has 2 aromatic rings. The van der Waals surface area contributed by atoms with Crippen LogP contribution < -0.4 is 0 Å². The van der Waals surface area contributed by atoms with Crippen LogP contribution in [0.5, 0.6) is 5.75 Å². The molecular weight excluding hydrogens is 306 g/mol. The SMILES string of the molecule is CN(C)CC1=C(c2cccc(O)c2)c2ccccc2CCC1.Cl. The largest absolute Gasteiger partial charge is 0.508 e. The van der Waals surface area contributed by atoms with E-state index in [1.165, 1.54) is 28.7 Å². The monoisotopic (exact) mass is 329 g/mol. The first-order chi connectivity index (χ1) is 10.6. The molecule has 0 saturated carbocycles. The van der Waals surface area contributed by atoms with E-state index >= 15 is 0 Å². The van der Waals surface area contributed by atoms with E-state index in [1.807, 2.05) is 12.1 Å². The minimum atomic E-state index is 0. The van der Waals surface area contributed by atoms with Gasteiger partial charge in [0.1, 0.15) is 5.75 Å². The summed E-state index contributed by atoms with van der Waals surface area (Å²) in [5, 5.41) is 9.90. The predicted octanol–water partition coefficient (Wildman–Crippen LogP) is 4.51. The number of phenols is 1. The molecule has 3 rings (SSSR count). The van der Waals surface area contributed by atoms with Gasteiger partial charge in [-0.15, -0.1) is 12.4 Å². The molecule has 0 fully saturated rings. The molecule has 0 aliphatic heterocycles. The number of aryl methyl sites for hydroxylation is 1. The van der Waals surface area contributed by atoms with Gasteiger partial charge < -0.3 is 10.0 Å². The third kappa shape index (κ3) is 3.95. The zero-order valence-corrected chi connectivity index (χ0v) is 14.6. The van der Waals surface area contributed by atoms with Gasteiger partial charge in [-0.1, -0.05) is 36.4 Å².